The Labute approximate surface area is 249 Å². The molecule has 11 heteroatoms. The molecule has 1 amide bonds. The van der Waals surface area contributed by atoms with Crippen molar-refractivity contribution < 1.29 is 19.4 Å². The molecule has 3 aromatic carbocycles. The van der Waals surface area contributed by atoms with Gasteiger partial charge in [-0.05, 0) is 42.3 Å². The zero-order valence-electron chi connectivity index (χ0n) is 21.6. The van der Waals surface area contributed by atoms with Crippen LogP contribution >= 0.6 is 36.2 Å². The van der Waals surface area contributed by atoms with Gasteiger partial charge in [0.05, 0.1) is 18.5 Å². The van der Waals surface area contributed by atoms with Gasteiger partial charge in [-0.25, -0.2) is 4.98 Å². The lowest BCUT2D eigenvalue weighted by Crippen LogP contribution is -2.27. The predicted molar refractivity (Wildman–Crippen MR) is 163 cm³/mol. The van der Waals surface area contributed by atoms with Gasteiger partial charge in [0.1, 0.15) is 11.9 Å². The summed E-state index contributed by atoms with van der Waals surface area (Å²) in [6.07, 6.45) is 0.482. The number of phenols is 1. The van der Waals surface area contributed by atoms with Crippen LogP contribution in [-0.2, 0) is 33.6 Å². The number of halogens is 2. The summed E-state index contributed by atoms with van der Waals surface area (Å²) in [7, 11) is 0. The minimum atomic E-state index is -0.458. The maximum atomic E-state index is 12.6. The predicted octanol–water partition coefficient (Wildman–Crippen LogP) is 5.12. The van der Waals surface area contributed by atoms with Crippen molar-refractivity contribution in [1.29, 1.82) is 0 Å². The van der Waals surface area contributed by atoms with Crippen molar-refractivity contribution in [2.75, 3.05) is 24.1 Å². The number of rotatable bonds is 12. The van der Waals surface area contributed by atoms with Gasteiger partial charge in [-0.15, -0.1) is 36.2 Å². The molecule has 212 valence electrons. The summed E-state index contributed by atoms with van der Waals surface area (Å²) in [5.41, 5.74) is 9.52. The number of hydrogen-bond acceptors (Lipinski definition) is 8. The normalized spacial score (nSPS) is 11.0. The number of phenolic OH excluding ortho intramolecular Hbond substituents is 1. The Morgan fingerprint density at radius 3 is 2.33 bits per heavy atom. The molecule has 1 atom stereocenters. The molecule has 0 aliphatic rings. The molecule has 5 N–H and O–H groups in total. The Hall–Kier alpha value is -3.63. The highest BCUT2D eigenvalue weighted by molar-refractivity contribution is 7.13. The van der Waals surface area contributed by atoms with Gasteiger partial charge in [-0.1, -0.05) is 60.7 Å². The smallest absolute Gasteiger partial charge is 0.311 e. The van der Waals surface area contributed by atoms with E-state index >= 15 is 0 Å². The molecule has 1 heterocycles. The van der Waals surface area contributed by atoms with Crippen molar-refractivity contribution >= 4 is 58.8 Å². The van der Waals surface area contributed by atoms with Crippen molar-refractivity contribution in [3.05, 3.63) is 107 Å². The number of anilines is 2. The number of carbonyl (C=O) groups excluding carboxylic acids is 2. The number of benzene rings is 3. The van der Waals surface area contributed by atoms with Gasteiger partial charge in [-0.2, -0.15) is 0 Å². The Morgan fingerprint density at radius 2 is 1.65 bits per heavy atom. The highest BCUT2D eigenvalue weighted by Gasteiger charge is 2.18. The second-order valence-electron chi connectivity index (χ2n) is 8.75. The fourth-order valence-electron chi connectivity index (χ4n) is 3.91. The van der Waals surface area contributed by atoms with Crippen LogP contribution in [-0.4, -0.2) is 35.1 Å². The zero-order chi connectivity index (χ0) is 26.7. The third kappa shape index (κ3) is 10.2. The van der Waals surface area contributed by atoms with E-state index in [0.717, 1.165) is 23.2 Å². The summed E-state index contributed by atoms with van der Waals surface area (Å²) >= 11 is 1.31. The number of aromatic hydroxyl groups is 1. The van der Waals surface area contributed by atoms with Crippen LogP contribution in [0, 0.1) is 0 Å². The quantitative estimate of drug-likeness (QED) is 0.131. The Bertz CT molecular complexity index is 1350. The van der Waals surface area contributed by atoms with Crippen LogP contribution in [0.15, 0.2) is 84.2 Å². The van der Waals surface area contributed by atoms with Crippen LogP contribution in [0.3, 0.4) is 0 Å². The van der Waals surface area contributed by atoms with E-state index in [0.29, 0.717) is 29.5 Å². The average Bonchev–Trinajstić information content (AvgIpc) is 3.32. The first-order chi connectivity index (χ1) is 18.5. The van der Waals surface area contributed by atoms with E-state index < -0.39 is 12.1 Å². The summed E-state index contributed by atoms with van der Waals surface area (Å²) in [6.45, 7) is 1.13. The summed E-state index contributed by atoms with van der Waals surface area (Å²) in [5.74, 6) is -0.471. The molecule has 1 aromatic heterocycles. The van der Waals surface area contributed by atoms with Gasteiger partial charge in [0.15, 0.2) is 5.13 Å². The van der Waals surface area contributed by atoms with Gasteiger partial charge in [-0.3, -0.25) is 9.59 Å². The van der Waals surface area contributed by atoms with Crippen LogP contribution < -0.4 is 16.4 Å². The third-order valence-corrected chi connectivity index (χ3v) is 6.56. The number of ether oxygens (including phenoxy) is 1. The lowest BCUT2D eigenvalue weighted by atomic mass is 10.1. The number of nitrogens with zero attached hydrogens (tertiary/aromatic N) is 1. The van der Waals surface area contributed by atoms with Gasteiger partial charge in [0.25, 0.3) is 0 Å². The van der Waals surface area contributed by atoms with Crippen molar-refractivity contribution in [3.8, 4) is 5.75 Å². The van der Waals surface area contributed by atoms with Gasteiger partial charge in [0.2, 0.25) is 5.91 Å². The van der Waals surface area contributed by atoms with E-state index in [1.165, 1.54) is 11.3 Å². The van der Waals surface area contributed by atoms with Crippen LogP contribution in [0.5, 0.6) is 5.75 Å². The molecule has 8 nitrogen and oxygen atoms in total. The largest absolute Gasteiger partial charge is 0.508 e. The van der Waals surface area contributed by atoms with Crippen molar-refractivity contribution in [2.24, 2.45) is 0 Å². The third-order valence-electron chi connectivity index (χ3n) is 5.84. The fourth-order valence-corrected chi connectivity index (χ4v) is 4.47. The first-order valence-corrected chi connectivity index (χ1v) is 13.1. The lowest BCUT2D eigenvalue weighted by molar-refractivity contribution is -0.148. The molecular formula is C29H32Cl2N4O4S. The molecule has 0 spiro atoms. The molecular weight excluding hydrogens is 571 g/mol. The maximum Gasteiger partial charge on any atom is 0.311 e. The summed E-state index contributed by atoms with van der Waals surface area (Å²) in [4.78, 5) is 28.9. The molecule has 0 aliphatic carbocycles. The Morgan fingerprint density at radius 1 is 0.950 bits per heavy atom. The number of amides is 1. The Balaban J connectivity index is 0.00000280. The van der Waals surface area contributed by atoms with E-state index in [2.05, 4.69) is 15.6 Å². The minimum absolute atomic E-state index is 0. The molecule has 0 bridgehead atoms. The standard InChI is InChI=1S/C29H30N4O4S.2ClH/c30-29-33-24(19-38-29)17-27(35)32-23-12-10-20(11-13-23)14-15-31-18-26(21-6-2-1-3-7-21)37-28(36)16-22-8-4-5-9-25(22)34;;/h1-13,19,26,31,34H,14-18H2,(H2,30,33)(H,32,35);2*1H. The van der Waals surface area contributed by atoms with Crippen LogP contribution in [0.2, 0.25) is 0 Å². The average molecular weight is 604 g/mol. The van der Waals surface area contributed by atoms with Gasteiger partial charge >= 0.3 is 5.97 Å². The molecule has 0 saturated heterocycles. The highest BCUT2D eigenvalue weighted by Crippen LogP contribution is 2.21. The molecule has 40 heavy (non-hydrogen) atoms. The van der Waals surface area contributed by atoms with Crippen molar-refractivity contribution in [1.82, 2.24) is 10.3 Å². The number of para-hydroxylation sites is 1. The molecule has 1 unspecified atom stereocenters. The number of hydrogen-bond donors (Lipinski definition) is 4. The molecule has 4 aromatic rings. The number of nitrogen functional groups attached to an aromatic ring is 1. The van der Waals surface area contributed by atoms with Crippen LogP contribution in [0.4, 0.5) is 10.8 Å². The van der Waals surface area contributed by atoms with Gasteiger partial charge < -0.3 is 26.2 Å². The minimum Gasteiger partial charge on any atom is -0.508 e. The first kappa shape index (κ1) is 32.6. The molecule has 4 rings (SSSR count). The number of esters is 1. The fraction of sp³-hybridized carbons (Fsp3) is 0.207. The monoisotopic (exact) mass is 602 g/mol. The Kier molecular flexibility index (Phi) is 13.4. The second-order valence-corrected chi connectivity index (χ2v) is 9.64. The van der Waals surface area contributed by atoms with E-state index in [1.54, 1.807) is 29.6 Å². The number of nitrogens with one attached hydrogen (secondary N) is 2. The number of aromatic nitrogens is 1. The molecule has 0 fully saturated rings. The molecule has 0 aliphatic heterocycles. The van der Waals surface area contributed by atoms with E-state index in [1.807, 2.05) is 54.6 Å². The number of thiazole rings is 1. The number of carbonyl (C=O) groups is 2. The lowest BCUT2D eigenvalue weighted by Gasteiger charge is -2.19. The topological polar surface area (TPSA) is 127 Å². The summed E-state index contributed by atoms with van der Waals surface area (Å²) < 4.78 is 5.78. The van der Waals surface area contributed by atoms with Crippen LogP contribution in [0.25, 0.3) is 0 Å². The van der Waals surface area contributed by atoms with E-state index in [4.69, 9.17) is 10.5 Å². The second kappa shape index (κ2) is 16.5. The highest BCUT2D eigenvalue weighted by atomic mass is 35.5. The van der Waals surface area contributed by atoms with Crippen molar-refractivity contribution in [2.45, 2.75) is 25.4 Å². The van der Waals surface area contributed by atoms with Crippen LogP contribution in [0.1, 0.15) is 28.5 Å². The van der Waals surface area contributed by atoms with Crippen molar-refractivity contribution in [3.63, 3.8) is 0 Å². The maximum absolute atomic E-state index is 12.6. The van der Waals surface area contributed by atoms with E-state index in [9.17, 15) is 14.7 Å². The van der Waals surface area contributed by atoms with Gasteiger partial charge in [0, 0.05) is 23.2 Å². The zero-order valence-corrected chi connectivity index (χ0v) is 24.1. The molecule has 0 radical (unpaired) electrons. The first-order valence-electron chi connectivity index (χ1n) is 12.3. The summed E-state index contributed by atoms with van der Waals surface area (Å²) in [5, 5.41) is 18.4. The van der Waals surface area contributed by atoms with E-state index in [-0.39, 0.29) is 49.3 Å². The molecule has 0 saturated carbocycles. The number of nitrogens with two attached hydrogens (primary N) is 1. The summed E-state index contributed by atoms with van der Waals surface area (Å²) in [6, 6.07) is 24.0. The SMILES string of the molecule is Cl.Cl.Nc1nc(CC(=O)Nc2ccc(CCNCC(OC(=O)Cc3ccccc3O)c3ccccc3)cc2)cs1.